The van der Waals surface area contributed by atoms with Crippen LogP contribution in [0.15, 0.2) is 29.3 Å². The number of benzene rings is 1. The molecule has 0 amide bonds. The van der Waals surface area contributed by atoms with Crippen LogP contribution in [0.1, 0.15) is 38.2 Å². The highest BCUT2D eigenvalue weighted by Gasteiger charge is 1.99. The molecule has 0 atom stereocenters. The molecule has 2 N–H and O–H groups in total. The zero-order chi connectivity index (χ0) is 17.6. The number of hydrogen-bond donors (Lipinski definition) is 2. The molecule has 1 rings (SSSR count). The maximum absolute atomic E-state index is 5.75. The Morgan fingerprint density at radius 2 is 1.83 bits per heavy atom. The van der Waals surface area contributed by atoms with Crippen molar-refractivity contribution in [1.82, 2.24) is 15.5 Å². The first-order valence-corrected chi connectivity index (χ1v) is 8.96. The van der Waals surface area contributed by atoms with Crippen LogP contribution in [0.2, 0.25) is 0 Å². The van der Waals surface area contributed by atoms with E-state index in [4.69, 9.17) is 4.74 Å². The Kier molecular flexibility index (Phi) is 10.7. The molecule has 0 unspecified atom stereocenters. The molecule has 0 aromatic heterocycles. The van der Waals surface area contributed by atoms with Gasteiger partial charge in [0, 0.05) is 26.7 Å². The van der Waals surface area contributed by atoms with Crippen LogP contribution >= 0.6 is 0 Å². The summed E-state index contributed by atoms with van der Waals surface area (Å²) in [5.74, 6) is 1.79. The number of unbranched alkanes of at least 4 members (excludes halogenated alkanes) is 2. The molecule has 0 aliphatic carbocycles. The highest BCUT2D eigenvalue weighted by atomic mass is 16.5. The third kappa shape index (κ3) is 9.40. The summed E-state index contributed by atoms with van der Waals surface area (Å²) in [4.78, 5) is 6.42. The van der Waals surface area contributed by atoms with E-state index in [0.29, 0.717) is 0 Å². The molecule has 5 heteroatoms. The van der Waals surface area contributed by atoms with E-state index in [2.05, 4.69) is 53.7 Å². The van der Waals surface area contributed by atoms with Gasteiger partial charge in [-0.2, -0.15) is 0 Å². The lowest BCUT2D eigenvalue weighted by Crippen LogP contribution is -2.37. The van der Waals surface area contributed by atoms with Gasteiger partial charge in [0.15, 0.2) is 5.96 Å². The predicted octanol–water partition coefficient (Wildman–Crippen LogP) is 2.87. The molecule has 0 aliphatic heterocycles. The summed E-state index contributed by atoms with van der Waals surface area (Å²) >= 11 is 0. The van der Waals surface area contributed by atoms with E-state index in [9.17, 15) is 0 Å². The molecule has 136 valence electrons. The summed E-state index contributed by atoms with van der Waals surface area (Å²) in [6.45, 7) is 5.74. The van der Waals surface area contributed by atoms with E-state index in [1.165, 1.54) is 24.8 Å². The molecule has 0 saturated heterocycles. The van der Waals surface area contributed by atoms with Gasteiger partial charge in [0.2, 0.25) is 0 Å². The zero-order valence-electron chi connectivity index (χ0n) is 15.8. The van der Waals surface area contributed by atoms with Crippen molar-refractivity contribution < 1.29 is 4.74 Å². The number of ether oxygens (including phenoxy) is 1. The van der Waals surface area contributed by atoms with Crippen LogP contribution in [0, 0.1) is 0 Å². The SMILES string of the molecule is CCCCCNC(=NC)NCc1ccc(OCCCN(C)C)cc1. The quantitative estimate of drug-likeness (QED) is 0.371. The van der Waals surface area contributed by atoms with Gasteiger partial charge in [0.1, 0.15) is 5.75 Å². The first-order chi connectivity index (χ1) is 11.7. The maximum Gasteiger partial charge on any atom is 0.191 e. The van der Waals surface area contributed by atoms with Crippen LogP contribution in [-0.4, -0.2) is 51.7 Å². The largest absolute Gasteiger partial charge is 0.494 e. The minimum absolute atomic E-state index is 0.754. The van der Waals surface area contributed by atoms with Gasteiger partial charge in [-0.3, -0.25) is 4.99 Å². The van der Waals surface area contributed by atoms with Crippen LogP contribution in [-0.2, 0) is 6.54 Å². The van der Waals surface area contributed by atoms with E-state index in [1.807, 2.05) is 12.1 Å². The monoisotopic (exact) mass is 334 g/mol. The summed E-state index contributed by atoms with van der Waals surface area (Å²) in [5, 5.41) is 6.68. The molecule has 5 nitrogen and oxygen atoms in total. The second-order valence-corrected chi connectivity index (χ2v) is 6.21. The smallest absolute Gasteiger partial charge is 0.191 e. The van der Waals surface area contributed by atoms with E-state index < -0.39 is 0 Å². The van der Waals surface area contributed by atoms with Gasteiger partial charge in [-0.05, 0) is 44.6 Å². The van der Waals surface area contributed by atoms with Crippen molar-refractivity contribution in [2.45, 2.75) is 39.2 Å². The Morgan fingerprint density at radius 1 is 1.08 bits per heavy atom. The minimum Gasteiger partial charge on any atom is -0.494 e. The lowest BCUT2D eigenvalue weighted by atomic mass is 10.2. The summed E-state index contributed by atoms with van der Waals surface area (Å²) in [7, 11) is 5.96. The Morgan fingerprint density at radius 3 is 2.46 bits per heavy atom. The van der Waals surface area contributed by atoms with Crippen LogP contribution in [0.25, 0.3) is 0 Å². The molecule has 1 aromatic rings. The number of aliphatic imine (C=N–C) groups is 1. The summed E-state index contributed by atoms with van der Waals surface area (Å²) in [6.07, 6.45) is 4.70. The number of hydrogen-bond acceptors (Lipinski definition) is 3. The Balaban J connectivity index is 2.27. The molecule has 0 fully saturated rings. The molecule has 0 aliphatic rings. The van der Waals surface area contributed by atoms with Crippen molar-refractivity contribution in [3.63, 3.8) is 0 Å². The van der Waals surface area contributed by atoms with E-state index in [-0.39, 0.29) is 0 Å². The van der Waals surface area contributed by atoms with Crippen LogP contribution < -0.4 is 15.4 Å². The lowest BCUT2D eigenvalue weighted by molar-refractivity contribution is 0.281. The number of nitrogens with one attached hydrogen (secondary N) is 2. The summed E-state index contributed by atoms with van der Waals surface area (Å²) < 4.78 is 5.75. The summed E-state index contributed by atoms with van der Waals surface area (Å²) in [5.41, 5.74) is 1.21. The predicted molar refractivity (Wildman–Crippen MR) is 103 cm³/mol. The fraction of sp³-hybridized carbons (Fsp3) is 0.632. The number of nitrogens with zero attached hydrogens (tertiary/aromatic N) is 2. The molecule has 0 radical (unpaired) electrons. The molecule has 24 heavy (non-hydrogen) atoms. The van der Waals surface area contributed by atoms with Gasteiger partial charge >= 0.3 is 0 Å². The normalized spacial score (nSPS) is 11.6. The van der Waals surface area contributed by atoms with Crippen molar-refractivity contribution in [3.8, 4) is 5.75 Å². The van der Waals surface area contributed by atoms with Crippen molar-refractivity contribution in [2.24, 2.45) is 4.99 Å². The van der Waals surface area contributed by atoms with Crippen LogP contribution in [0.5, 0.6) is 5.75 Å². The van der Waals surface area contributed by atoms with Gasteiger partial charge in [-0.25, -0.2) is 0 Å². The van der Waals surface area contributed by atoms with Crippen molar-refractivity contribution in [1.29, 1.82) is 0 Å². The minimum atomic E-state index is 0.754. The fourth-order valence-corrected chi connectivity index (χ4v) is 2.26. The van der Waals surface area contributed by atoms with Gasteiger partial charge < -0.3 is 20.3 Å². The van der Waals surface area contributed by atoms with Crippen LogP contribution in [0.4, 0.5) is 0 Å². The van der Waals surface area contributed by atoms with Crippen molar-refractivity contribution >= 4 is 5.96 Å². The lowest BCUT2D eigenvalue weighted by Gasteiger charge is -2.13. The number of rotatable bonds is 11. The first kappa shape index (κ1) is 20.3. The average molecular weight is 335 g/mol. The fourth-order valence-electron chi connectivity index (χ4n) is 2.26. The summed E-state index contributed by atoms with van der Waals surface area (Å²) in [6, 6.07) is 8.26. The zero-order valence-corrected chi connectivity index (χ0v) is 15.8. The molecule has 1 aromatic carbocycles. The van der Waals surface area contributed by atoms with Gasteiger partial charge in [-0.1, -0.05) is 31.9 Å². The average Bonchev–Trinajstić information content (AvgIpc) is 2.59. The molecular weight excluding hydrogens is 300 g/mol. The Bertz CT molecular complexity index is 457. The third-order valence-electron chi connectivity index (χ3n) is 3.70. The van der Waals surface area contributed by atoms with Crippen molar-refractivity contribution in [3.05, 3.63) is 29.8 Å². The Labute approximate surface area is 147 Å². The second kappa shape index (κ2) is 12.6. The topological polar surface area (TPSA) is 48.9 Å². The molecule has 0 saturated carbocycles. The van der Waals surface area contributed by atoms with E-state index in [0.717, 1.165) is 44.4 Å². The highest BCUT2D eigenvalue weighted by Crippen LogP contribution is 2.12. The molecule has 0 heterocycles. The van der Waals surface area contributed by atoms with Crippen LogP contribution in [0.3, 0.4) is 0 Å². The Hall–Kier alpha value is -1.75. The second-order valence-electron chi connectivity index (χ2n) is 6.21. The number of guanidine groups is 1. The van der Waals surface area contributed by atoms with Crippen molar-refractivity contribution in [2.75, 3.05) is 40.8 Å². The molecule has 0 spiro atoms. The van der Waals surface area contributed by atoms with Gasteiger partial charge in [-0.15, -0.1) is 0 Å². The van der Waals surface area contributed by atoms with E-state index >= 15 is 0 Å². The molecular formula is C19H34N4O. The molecule has 0 bridgehead atoms. The van der Waals surface area contributed by atoms with Gasteiger partial charge in [0.25, 0.3) is 0 Å². The first-order valence-electron chi connectivity index (χ1n) is 8.96. The van der Waals surface area contributed by atoms with E-state index in [1.54, 1.807) is 7.05 Å². The maximum atomic E-state index is 5.75. The third-order valence-corrected chi connectivity index (χ3v) is 3.70. The standard InChI is InChI=1S/C19H34N4O/c1-5-6-7-13-21-19(20-2)22-16-17-9-11-18(12-10-17)24-15-8-14-23(3)4/h9-12H,5-8,13-16H2,1-4H3,(H2,20,21,22). The highest BCUT2D eigenvalue weighted by molar-refractivity contribution is 5.79. The van der Waals surface area contributed by atoms with Gasteiger partial charge in [0.05, 0.1) is 6.61 Å².